The Morgan fingerprint density at radius 1 is 1.20 bits per heavy atom. The molecule has 0 saturated carbocycles. The maximum absolute atomic E-state index is 11.9. The highest BCUT2D eigenvalue weighted by Gasteiger charge is 2.31. The third kappa shape index (κ3) is 4.08. The Morgan fingerprint density at radius 3 is 2.25 bits per heavy atom. The first-order valence-electron chi connectivity index (χ1n) is 6.62. The number of carbonyl (C=O) groups is 2. The lowest BCUT2D eigenvalue weighted by atomic mass is 9.89. The molecule has 0 bridgehead atoms. The van der Waals surface area contributed by atoms with Crippen molar-refractivity contribution in [3.63, 3.8) is 0 Å². The number of ether oxygens (including phenoxy) is 1. The zero-order valence-electron chi connectivity index (χ0n) is 13.0. The van der Waals surface area contributed by atoms with E-state index in [2.05, 4.69) is 5.32 Å². The number of amides is 1. The Labute approximate surface area is 120 Å². The van der Waals surface area contributed by atoms with Crippen molar-refractivity contribution in [1.82, 2.24) is 5.32 Å². The average Bonchev–Trinajstić information content (AvgIpc) is 2.25. The summed E-state index contributed by atoms with van der Waals surface area (Å²) in [5, 5.41) is 2.65. The highest BCUT2D eigenvalue weighted by Crippen LogP contribution is 2.24. The van der Waals surface area contributed by atoms with Crippen molar-refractivity contribution in [3.8, 4) is 0 Å². The maximum Gasteiger partial charge on any atom is 0.408 e. The van der Waals surface area contributed by atoms with Crippen molar-refractivity contribution >= 4 is 12.4 Å². The van der Waals surface area contributed by atoms with Crippen LogP contribution in [0.5, 0.6) is 0 Å². The van der Waals surface area contributed by atoms with Crippen LogP contribution >= 0.6 is 0 Å². The predicted molar refractivity (Wildman–Crippen MR) is 78.7 cm³/mol. The molecule has 0 spiro atoms. The number of hydrogen-bond acceptors (Lipinski definition) is 3. The van der Waals surface area contributed by atoms with Crippen LogP contribution in [0.2, 0.25) is 0 Å². The number of hydrogen-bond donors (Lipinski definition) is 1. The zero-order chi connectivity index (χ0) is 15.6. The van der Waals surface area contributed by atoms with Crippen LogP contribution in [0.4, 0.5) is 4.79 Å². The van der Waals surface area contributed by atoms with E-state index in [-0.39, 0.29) is 0 Å². The Morgan fingerprint density at radius 2 is 1.80 bits per heavy atom. The molecular formula is C16H23NO3. The fraction of sp³-hybridized carbons (Fsp3) is 0.500. The first-order valence-corrected chi connectivity index (χ1v) is 6.62. The van der Waals surface area contributed by atoms with E-state index in [0.29, 0.717) is 0 Å². The molecule has 0 radical (unpaired) electrons. The second-order valence-corrected chi connectivity index (χ2v) is 6.27. The second kappa shape index (κ2) is 5.65. The van der Waals surface area contributed by atoms with E-state index >= 15 is 0 Å². The lowest BCUT2D eigenvalue weighted by Gasteiger charge is -2.29. The highest BCUT2D eigenvalue weighted by molar-refractivity contribution is 5.78. The molecule has 1 atom stereocenters. The number of benzene rings is 1. The lowest BCUT2D eigenvalue weighted by Crippen LogP contribution is -2.47. The van der Waals surface area contributed by atoms with Crippen molar-refractivity contribution in [2.75, 3.05) is 0 Å². The van der Waals surface area contributed by atoms with Gasteiger partial charge in [-0.1, -0.05) is 23.8 Å². The topological polar surface area (TPSA) is 55.4 Å². The van der Waals surface area contributed by atoms with Gasteiger partial charge in [-0.3, -0.25) is 0 Å². The third-order valence-electron chi connectivity index (χ3n) is 2.94. The molecule has 0 aliphatic heterocycles. The summed E-state index contributed by atoms with van der Waals surface area (Å²) >= 11 is 0. The number of alkyl carbamates (subject to hydrolysis) is 1. The molecule has 0 heterocycles. The molecular weight excluding hydrogens is 254 g/mol. The van der Waals surface area contributed by atoms with Crippen molar-refractivity contribution in [3.05, 3.63) is 34.9 Å². The van der Waals surface area contributed by atoms with Gasteiger partial charge in [0, 0.05) is 0 Å². The van der Waals surface area contributed by atoms with E-state index in [1.54, 1.807) is 27.7 Å². The molecule has 1 rings (SSSR count). The SMILES string of the molecule is Cc1ccc(C(C)(C=O)NC(=O)OC(C)(C)C)c(C)c1. The minimum absolute atomic E-state index is 0.601. The van der Waals surface area contributed by atoms with Crippen molar-refractivity contribution < 1.29 is 14.3 Å². The summed E-state index contributed by atoms with van der Waals surface area (Å²) < 4.78 is 5.21. The highest BCUT2D eigenvalue weighted by atomic mass is 16.6. The van der Waals surface area contributed by atoms with Crippen LogP contribution in [0.1, 0.15) is 44.4 Å². The first kappa shape index (κ1) is 16.2. The van der Waals surface area contributed by atoms with Crippen molar-refractivity contribution in [2.45, 2.75) is 52.7 Å². The molecule has 4 nitrogen and oxygen atoms in total. The molecule has 4 heteroatoms. The average molecular weight is 277 g/mol. The van der Waals surface area contributed by atoms with Gasteiger partial charge in [0.2, 0.25) is 0 Å². The van der Waals surface area contributed by atoms with E-state index < -0.39 is 17.2 Å². The maximum atomic E-state index is 11.9. The first-order chi connectivity index (χ1) is 9.07. The van der Waals surface area contributed by atoms with Crippen LogP contribution in [0, 0.1) is 13.8 Å². The molecule has 110 valence electrons. The summed E-state index contributed by atoms with van der Waals surface area (Å²) in [5.74, 6) is 0. The number of aryl methyl sites for hydroxylation is 2. The second-order valence-electron chi connectivity index (χ2n) is 6.27. The van der Waals surface area contributed by atoms with Gasteiger partial charge < -0.3 is 14.8 Å². The Balaban J connectivity index is 3.03. The predicted octanol–water partition coefficient (Wildman–Crippen LogP) is 3.24. The summed E-state index contributed by atoms with van der Waals surface area (Å²) in [7, 11) is 0. The fourth-order valence-electron chi connectivity index (χ4n) is 2.07. The van der Waals surface area contributed by atoms with Gasteiger partial charge in [0.15, 0.2) is 0 Å². The molecule has 1 aromatic rings. The summed E-state index contributed by atoms with van der Waals surface area (Å²) in [4.78, 5) is 23.4. The van der Waals surface area contributed by atoms with Gasteiger partial charge in [-0.25, -0.2) is 4.79 Å². The summed E-state index contributed by atoms with van der Waals surface area (Å²) in [6, 6.07) is 5.76. The molecule has 20 heavy (non-hydrogen) atoms. The molecule has 0 aromatic heterocycles. The number of carbonyl (C=O) groups excluding carboxylic acids is 2. The van der Waals surface area contributed by atoms with E-state index in [9.17, 15) is 9.59 Å². The molecule has 1 aromatic carbocycles. The quantitative estimate of drug-likeness (QED) is 0.863. The van der Waals surface area contributed by atoms with E-state index in [1.807, 2.05) is 32.0 Å². The third-order valence-corrected chi connectivity index (χ3v) is 2.94. The van der Waals surface area contributed by atoms with Gasteiger partial charge in [0.05, 0.1) is 0 Å². The van der Waals surface area contributed by atoms with Crippen LogP contribution in [0.25, 0.3) is 0 Å². The van der Waals surface area contributed by atoms with Crippen LogP contribution in [0.15, 0.2) is 18.2 Å². The van der Waals surface area contributed by atoms with Gasteiger partial charge in [-0.15, -0.1) is 0 Å². The van der Waals surface area contributed by atoms with E-state index in [1.165, 1.54) is 0 Å². The number of aldehydes is 1. The number of rotatable bonds is 3. The summed E-state index contributed by atoms with van der Waals surface area (Å²) in [5.41, 5.74) is 1.13. The molecule has 1 amide bonds. The van der Waals surface area contributed by atoms with Crippen molar-refractivity contribution in [2.24, 2.45) is 0 Å². The molecule has 1 N–H and O–H groups in total. The molecule has 0 aliphatic rings. The van der Waals surface area contributed by atoms with Crippen LogP contribution < -0.4 is 5.32 Å². The van der Waals surface area contributed by atoms with E-state index in [4.69, 9.17) is 4.74 Å². The van der Waals surface area contributed by atoms with Gasteiger partial charge in [0.25, 0.3) is 0 Å². The normalized spacial score (nSPS) is 14.3. The zero-order valence-corrected chi connectivity index (χ0v) is 13.0. The standard InChI is InChI=1S/C16H23NO3/c1-11-7-8-13(12(2)9-11)16(6,10-18)17-14(19)20-15(3,4)5/h7-10H,1-6H3,(H,17,19). The fourth-order valence-corrected chi connectivity index (χ4v) is 2.07. The summed E-state index contributed by atoms with van der Waals surface area (Å²) in [6.07, 6.45) is 0.126. The van der Waals surface area contributed by atoms with Crippen LogP contribution in [-0.4, -0.2) is 18.0 Å². The summed E-state index contributed by atoms with van der Waals surface area (Å²) in [6.45, 7) is 10.9. The molecule has 0 saturated heterocycles. The lowest BCUT2D eigenvalue weighted by molar-refractivity contribution is -0.113. The Hall–Kier alpha value is -1.84. The molecule has 1 unspecified atom stereocenters. The largest absolute Gasteiger partial charge is 0.444 e. The smallest absolute Gasteiger partial charge is 0.408 e. The van der Waals surface area contributed by atoms with Gasteiger partial charge in [-0.2, -0.15) is 0 Å². The number of nitrogens with one attached hydrogen (secondary N) is 1. The Bertz CT molecular complexity index is 517. The van der Waals surface area contributed by atoms with Crippen molar-refractivity contribution in [1.29, 1.82) is 0 Å². The minimum atomic E-state index is -1.10. The van der Waals surface area contributed by atoms with E-state index in [0.717, 1.165) is 23.0 Å². The monoisotopic (exact) mass is 277 g/mol. The van der Waals surface area contributed by atoms with Gasteiger partial charge in [0.1, 0.15) is 17.4 Å². The van der Waals surface area contributed by atoms with Crippen LogP contribution in [0.3, 0.4) is 0 Å². The van der Waals surface area contributed by atoms with Gasteiger partial charge in [-0.05, 0) is 52.7 Å². The van der Waals surface area contributed by atoms with Gasteiger partial charge >= 0.3 is 6.09 Å². The molecule has 0 aliphatic carbocycles. The van der Waals surface area contributed by atoms with Crippen LogP contribution in [-0.2, 0) is 15.1 Å². The minimum Gasteiger partial charge on any atom is -0.444 e. The Kier molecular flexibility index (Phi) is 4.58. The molecule has 0 fully saturated rings.